The maximum absolute atomic E-state index is 10.3. The molecule has 0 fully saturated rings. The SMILES string of the molecule is CC1=CC[C@](C)(O)[C@H]1c1ccc(Br)cc1. The molecule has 1 N–H and O–H groups in total. The predicted octanol–water partition coefficient (Wildman–Crippen LogP) is 3.63. The first-order valence-electron chi connectivity index (χ1n) is 5.15. The van der Waals surface area contributed by atoms with Crippen LogP contribution in [0.3, 0.4) is 0 Å². The molecule has 1 aliphatic rings. The summed E-state index contributed by atoms with van der Waals surface area (Å²) in [6.45, 7) is 4.00. The van der Waals surface area contributed by atoms with Crippen LogP contribution in [-0.4, -0.2) is 10.7 Å². The van der Waals surface area contributed by atoms with Crippen LogP contribution in [-0.2, 0) is 0 Å². The summed E-state index contributed by atoms with van der Waals surface area (Å²) in [6, 6.07) is 8.20. The second kappa shape index (κ2) is 3.76. The fourth-order valence-corrected chi connectivity index (χ4v) is 2.64. The van der Waals surface area contributed by atoms with Crippen LogP contribution < -0.4 is 0 Å². The molecule has 0 saturated carbocycles. The predicted molar refractivity (Wildman–Crippen MR) is 65.9 cm³/mol. The van der Waals surface area contributed by atoms with E-state index in [9.17, 15) is 5.11 Å². The lowest BCUT2D eigenvalue weighted by atomic mass is 9.83. The number of hydrogen-bond acceptors (Lipinski definition) is 1. The monoisotopic (exact) mass is 266 g/mol. The Balaban J connectivity index is 2.37. The van der Waals surface area contributed by atoms with Gasteiger partial charge in [0.2, 0.25) is 0 Å². The molecule has 2 heteroatoms. The standard InChI is InChI=1S/C13H15BrO/c1-9-7-8-13(2,15)12(9)10-3-5-11(14)6-4-10/h3-7,12,15H,8H2,1-2H3/t12-,13+/m1/s1. The number of benzene rings is 1. The molecule has 0 radical (unpaired) electrons. The van der Waals surface area contributed by atoms with Crippen molar-refractivity contribution >= 4 is 15.9 Å². The van der Waals surface area contributed by atoms with Gasteiger partial charge in [0.05, 0.1) is 5.60 Å². The Morgan fingerprint density at radius 1 is 1.33 bits per heavy atom. The van der Waals surface area contributed by atoms with E-state index in [1.165, 1.54) is 11.1 Å². The van der Waals surface area contributed by atoms with E-state index in [-0.39, 0.29) is 5.92 Å². The number of halogens is 1. The fraction of sp³-hybridized carbons (Fsp3) is 0.385. The smallest absolute Gasteiger partial charge is 0.0759 e. The highest BCUT2D eigenvalue weighted by Crippen LogP contribution is 2.42. The summed E-state index contributed by atoms with van der Waals surface area (Å²) in [4.78, 5) is 0. The van der Waals surface area contributed by atoms with E-state index in [2.05, 4.69) is 41.1 Å². The molecular weight excluding hydrogens is 252 g/mol. The molecule has 0 heterocycles. The Bertz CT molecular complexity index is 390. The van der Waals surface area contributed by atoms with Gasteiger partial charge in [0.25, 0.3) is 0 Å². The maximum atomic E-state index is 10.3. The van der Waals surface area contributed by atoms with Gasteiger partial charge in [-0.05, 0) is 38.0 Å². The van der Waals surface area contributed by atoms with Gasteiger partial charge in [-0.15, -0.1) is 0 Å². The molecular formula is C13H15BrO. The second-order valence-electron chi connectivity index (χ2n) is 4.49. The molecule has 1 nitrogen and oxygen atoms in total. The van der Waals surface area contributed by atoms with Crippen molar-refractivity contribution in [2.45, 2.75) is 31.8 Å². The first kappa shape index (κ1) is 10.9. The molecule has 0 amide bonds. The minimum atomic E-state index is -0.627. The van der Waals surface area contributed by atoms with Gasteiger partial charge in [0.1, 0.15) is 0 Å². The van der Waals surface area contributed by atoms with Gasteiger partial charge >= 0.3 is 0 Å². The van der Waals surface area contributed by atoms with Crippen LogP contribution in [0.1, 0.15) is 31.7 Å². The van der Waals surface area contributed by atoms with Crippen LogP contribution in [0.2, 0.25) is 0 Å². The van der Waals surface area contributed by atoms with Crippen LogP contribution >= 0.6 is 15.9 Å². The van der Waals surface area contributed by atoms with Crippen LogP contribution in [0.5, 0.6) is 0 Å². The highest BCUT2D eigenvalue weighted by atomic mass is 79.9. The zero-order valence-electron chi connectivity index (χ0n) is 9.00. The summed E-state index contributed by atoms with van der Waals surface area (Å²) >= 11 is 3.42. The van der Waals surface area contributed by atoms with Gasteiger partial charge in [-0.1, -0.05) is 39.7 Å². The van der Waals surface area contributed by atoms with E-state index in [1.807, 2.05) is 19.1 Å². The quantitative estimate of drug-likeness (QED) is 0.770. The highest BCUT2D eigenvalue weighted by Gasteiger charge is 2.37. The van der Waals surface area contributed by atoms with Crippen molar-refractivity contribution in [3.8, 4) is 0 Å². The Kier molecular flexibility index (Phi) is 2.73. The van der Waals surface area contributed by atoms with E-state index in [4.69, 9.17) is 0 Å². The van der Waals surface area contributed by atoms with Crippen molar-refractivity contribution in [1.82, 2.24) is 0 Å². The largest absolute Gasteiger partial charge is 0.389 e. The molecule has 0 unspecified atom stereocenters. The fourth-order valence-electron chi connectivity index (χ4n) is 2.37. The normalized spacial score (nSPS) is 30.4. The maximum Gasteiger partial charge on any atom is 0.0759 e. The molecule has 1 aliphatic carbocycles. The molecule has 0 saturated heterocycles. The van der Waals surface area contributed by atoms with Crippen LogP contribution in [0, 0.1) is 0 Å². The lowest BCUT2D eigenvalue weighted by Gasteiger charge is -2.28. The minimum absolute atomic E-state index is 0.144. The second-order valence-corrected chi connectivity index (χ2v) is 5.41. The summed E-state index contributed by atoms with van der Waals surface area (Å²) in [7, 11) is 0. The molecule has 2 atom stereocenters. The Morgan fingerprint density at radius 3 is 2.40 bits per heavy atom. The average molecular weight is 267 g/mol. The summed E-state index contributed by atoms with van der Waals surface area (Å²) in [6.07, 6.45) is 2.88. The molecule has 15 heavy (non-hydrogen) atoms. The van der Waals surface area contributed by atoms with Gasteiger partial charge in [0, 0.05) is 10.4 Å². The van der Waals surface area contributed by atoms with E-state index in [1.54, 1.807) is 0 Å². The summed E-state index contributed by atoms with van der Waals surface area (Å²) < 4.78 is 1.07. The molecule has 1 aromatic carbocycles. The van der Waals surface area contributed by atoms with Crippen molar-refractivity contribution in [2.24, 2.45) is 0 Å². The van der Waals surface area contributed by atoms with Crippen molar-refractivity contribution in [3.05, 3.63) is 46.0 Å². The van der Waals surface area contributed by atoms with Gasteiger partial charge in [0.15, 0.2) is 0 Å². The van der Waals surface area contributed by atoms with E-state index in [0.717, 1.165) is 10.9 Å². The molecule has 0 aliphatic heterocycles. The number of hydrogen-bond donors (Lipinski definition) is 1. The topological polar surface area (TPSA) is 20.2 Å². The van der Waals surface area contributed by atoms with Crippen LogP contribution in [0.4, 0.5) is 0 Å². The molecule has 2 rings (SSSR count). The lowest BCUT2D eigenvalue weighted by Crippen LogP contribution is -2.28. The zero-order valence-corrected chi connectivity index (χ0v) is 10.6. The Labute approximate surface area is 99.0 Å². The third-order valence-electron chi connectivity index (χ3n) is 3.12. The number of rotatable bonds is 1. The van der Waals surface area contributed by atoms with Gasteiger partial charge < -0.3 is 5.11 Å². The number of aliphatic hydroxyl groups is 1. The molecule has 80 valence electrons. The van der Waals surface area contributed by atoms with Crippen molar-refractivity contribution in [3.63, 3.8) is 0 Å². The molecule has 0 aromatic heterocycles. The van der Waals surface area contributed by atoms with Gasteiger partial charge in [-0.25, -0.2) is 0 Å². The third kappa shape index (κ3) is 2.01. The van der Waals surface area contributed by atoms with Gasteiger partial charge in [-0.2, -0.15) is 0 Å². The lowest BCUT2D eigenvalue weighted by molar-refractivity contribution is 0.0547. The van der Waals surface area contributed by atoms with Crippen molar-refractivity contribution < 1.29 is 5.11 Å². The van der Waals surface area contributed by atoms with E-state index >= 15 is 0 Å². The zero-order chi connectivity index (χ0) is 11.1. The van der Waals surface area contributed by atoms with Crippen molar-refractivity contribution in [2.75, 3.05) is 0 Å². The highest BCUT2D eigenvalue weighted by molar-refractivity contribution is 9.10. The summed E-state index contributed by atoms with van der Waals surface area (Å²) in [5, 5.41) is 10.3. The first-order valence-corrected chi connectivity index (χ1v) is 5.94. The Hall–Kier alpha value is -0.600. The Morgan fingerprint density at radius 2 is 1.93 bits per heavy atom. The minimum Gasteiger partial charge on any atom is -0.389 e. The summed E-state index contributed by atoms with van der Waals surface area (Å²) in [5.74, 6) is 0.144. The molecule has 0 spiro atoms. The average Bonchev–Trinajstić information content (AvgIpc) is 2.43. The third-order valence-corrected chi connectivity index (χ3v) is 3.65. The van der Waals surface area contributed by atoms with Crippen molar-refractivity contribution in [1.29, 1.82) is 0 Å². The van der Waals surface area contributed by atoms with E-state index in [0.29, 0.717) is 0 Å². The molecule has 1 aromatic rings. The van der Waals surface area contributed by atoms with Crippen LogP contribution in [0.15, 0.2) is 40.4 Å². The van der Waals surface area contributed by atoms with Crippen LogP contribution in [0.25, 0.3) is 0 Å². The first-order chi connectivity index (χ1) is 7.00. The van der Waals surface area contributed by atoms with Gasteiger partial charge in [-0.3, -0.25) is 0 Å². The molecule has 0 bridgehead atoms. The summed E-state index contributed by atoms with van der Waals surface area (Å²) in [5.41, 5.74) is 1.83. The van der Waals surface area contributed by atoms with E-state index < -0.39 is 5.60 Å².